The Hall–Kier alpha value is -0.380. The van der Waals surface area contributed by atoms with Crippen LogP contribution in [-0.4, -0.2) is 33.1 Å². The molecule has 0 aromatic heterocycles. The summed E-state index contributed by atoms with van der Waals surface area (Å²) in [4.78, 5) is 0. The topological polar surface area (TPSA) is 60.7 Å². The quantitative estimate of drug-likeness (QED) is 0.626. The fourth-order valence-corrected chi connectivity index (χ4v) is 4.03. The van der Waals surface area contributed by atoms with E-state index >= 15 is 0 Å². The zero-order chi connectivity index (χ0) is 13.7. The van der Waals surface area contributed by atoms with Crippen LogP contribution in [0.25, 0.3) is 0 Å². The van der Waals surface area contributed by atoms with E-state index < -0.39 is 17.8 Å². The molecule has 0 aliphatic heterocycles. The van der Waals surface area contributed by atoms with Gasteiger partial charge in [-0.2, -0.15) is 0 Å². The molecule has 0 saturated heterocycles. The first-order chi connectivity index (χ1) is 8.17. The second kappa shape index (κ2) is 4.32. The van der Waals surface area contributed by atoms with Crippen molar-refractivity contribution in [2.45, 2.75) is 64.3 Å². The molecule has 3 N–H and O–H groups in total. The summed E-state index contributed by atoms with van der Waals surface area (Å²) < 4.78 is 0. The van der Waals surface area contributed by atoms with E-state index in [1.54, 1.807) is 13.8 Å². The number of aliphatic hydroxyl groups excluding tert-OH is 2. The Morgan fingerprint density at radius 1 is 1.22 bits per heavy atom. The zero-order valence-corrected chi connectivity index (χ0v) is 11.7. The van der Waals surface area contributed by atoms with E-state index in [9.17, 15) is 15.3 Å². The van der Waals surface area contributed by atoms with Crippen molar-refractivity contribution in [2.24, 2.45) is 17.3 Å². The molecule has 0 spiro atoms. The normalized spacial score (nSPS) is 45.8. The fraction of sp³-hybridized carbons (Fsp3) is 0.867. The van der Waals surface area contributed by atoms with Crippen molar-refractivity contribution in [3.8, 4) is 0 Å². The van der Waals surface area contributed by atoms with Gasteiger partial charge in [0.1, 0.15) is 0 Å². The van der Waals surface area contributed by atoms with Gasteiger partial charge in [-0.05, 0) is 50.5 Å². The molecule has 2 aliphatic rings. The molecule has 2 saturated carbocycles. The van der Waals surface area contributed by atoms with Crippen LogP contribution in [0.5, 0.6) is 0 Å². The van der Waals surface area contributed by atoms with Gasteiger partial charge in [0, 0.05) is 11.8 Å². The number of aliphatic hydroxyl groups is 3. The minimum Gasteiger partial charge on any atom is -0.392 e. The number of fused-ring (bicyclic) bond motifs is 1. The lowest BCUT2D eigenvalue weighted by atomic mass is 9.53. The maximum Gasteiger partial charge on any atom is 0.0751 e. The lowest BCUT2D eigenvalue weighted by Crippen LogP contribution is -2.55. The molecule has 0 unspecified atom stereocenters. The molecule has 3 heteroatoms. The largest absolute Gasteiger partial charge is 0.392 e. The second-order valence-corrected chi connectivity index (χ2v) is 7.05. The van der Waals surface area contributed by atoms with Gasteiger partial charge >= 0.3 is 0 Å². The van der Waals surface area contributed by atoms with Crippen molar-refractivity contribution in [2.75, 3.05) is 0 Å². The lowest BCUT2D eigenvalue weighted by Gasteiger charge is -2.54. The summed E-state index contributed by atoms with van der Waals surface area (Å²) in [7, 11) is 0. The number of hydrogen-bond donors (Lipinski definition) is 3. The number of hydrogen-bond acceptors (Lipinski definition) is 3. The molecule has 0 bridgehead atoms. The molecule has 0 radical (unpaired) electrons. The molecular weight excluding hydrogens is 228 g/mol. The summed E-state index contributed by atoms with van der Waals surface area (Å²) in [5.74, 6) is -0.232. The highest BCUT2D eigenvalue weighted by Crippen LogP contribution is 2.54. The van der Waals surface area contributed by atoms with Crippen LogP contribution in [0.4, 0.5) is 0 Å². The third-order valence-electron chi connectivity index (χ3n) is 5.25. The van der Waals surface area contributed by atoms with Gasteiger partial charge in [0.15, 0.2) is 0 Å². The Morgan fingerprint density at radius 3 is 2.33 bits per heavy atom. The Balaban J connectivity index is 2.30. The highest BCUT2D eigenvalue weighted by atomic mass is 16.3. The third-order valence-corrected chi connectivity index (χ3v) is 5.25. The standard InChI is InChI=1S/C15H26O3/c1-9-11(16)6-8-15(4)7-5-10(14(2,3)18)13(17)12(9)15/h10-13,16-18H,1,5-8H2,2-4H3/t10-,11+,12+,13+,15+/m1/s1. The Kier molecular flexibility index (Phi) is 3.37. The van der Waals surface area contributed by atoms with Gasteiger partial charge < -0.3 is 15.3 Å². The Labute approximate surface area is 110 Å². The first-order valence-corrected chi connectivity index (χ1v) is 6.94. The van der Waals surface area contributed by atoms with Gasteiger partial charge in [0.2, 0.25) is 0 Å². The maximum absolute atomic E-state index is 10.6. The lowest BCUT2D eigenvalue weighted by molar-refractivity contribution is -0.129. The van der Waals surface area contributed by atoms with Gasteiger partial charge in [-0.3, -0.25) is 0 Å². The van der Waals surface area contributed by atoms with E-state index in [0.717, 1.165) is 31.3 Å². The van der Waals surface area contributed by atoms with Gasteiger partial charge in [-0.15, -0.1) is 0 Å². The first-order valence-electron chi connectivity index (χ1n) is 6.94. The van der Waals surface area contributed by atoms with Crippen molar-refractivity contribution in [3.63, 3.8) is 0 Å². The van der Waals surface area contributed by atoms with Crippen LogP contribution in [0.3, 0.4) is 0 Å². The third kappa shape index (κ3) is 2.13. The van der Waals surface area contributed by atoms with E-state index in [2.05, 4.69) is 13.5 Å². The van der Waals surface area contributed by atoms with Crippen molar-refractivity contribution in [1.29, 1.82) is 0 Å². The zero-order valence-electron chi connectivity index (χ0n) is 11.7. The molecule has 2 aliphatic carbocycles. The van der Waals surface area contributed by atoms with Crippen LogP contribution in [0.2, 0.25) is 0 Å². The van der Waals surface area contributed by atoms with Crippen LogP contribution in [0, 0.1) is 17.3 Å². The van der Waals surface area contributed by atoms with Crippen molar-refractivity contribution < 1.29 is 15.3 Å². The summed E-state index contributed by atoms with van der Waals surface area (Å²) in [6, 6.07) is 0. The molecule has 2 fully saturated rings. The predicted octanol–water partition coefficient (Wildman–Crippen LogP) is 1.86. The van der Waals surface area contributed by atoms with Crippen LogP contribution in [0.15, 0.2) is 12.2 Å². The van der Waals surface area contributed by atoms with Crippen molar-refractivity contribution in [3.05, 3.63) is 12.2 Å². The molecule has 0 aromatic carbocycles. The fourth-order valence-electron chi connectivity index (χ4n) is 4.03. The van der Waals surface area contributed by atoms with Crippen LogP contribution >= 0.6 is 0 Å². The van der Waals surface area contributed by atoms with Gasteiger partial charge in [-0.25, -0.2) is 0 Å². The van der Waals surface area contributed by atoms with Gasteiger partial charge in [0.05, 0.1) is 17.8 Å². The first kappa shape index (κ1) is 14.0. The smallest absolute Gasteiger partial charge is 0.0751 e. The second-order valence-electron chi connectivity index (χ2n) is 7.05. The van der Waals surface area contributed by atoms with Gasteiger partial charge in [0.25, 0.3) is 0 Å². The summed E-state index contributed by atoms with van der Waals surface area (Å²) >= 11 is 0. The number of rotatable bonds is 1. The molecule has 3 nitrogen and oxygen atoms in total. The summed E-state index contributed by atoms with van der Waals surface area (Å²) in [5.41, 5.74) is -0.105. The average Bonchev–Trinajstić information content (AvgIpc) is 2.22. The van der Waals surface area contributed by atoms with Crippen molar-refractivity contribution >= 4 is 0 Å². The monoisotopic (exact) mass is 254 g/mol. The molecule has 5 atom stereocenters. The summed E-state index contributed by atoms with van der Waals surface area (Å²) in [6.07, 6.45) is 2.37. The molecule has 2 rings (SSSR count). The average molecular weight is 254 g/mol. The van der Waals surface area contributed by atoms with Crippen LogP contribution in [0.1, 0.15) is 46.5 Å². The molecular formula is C15H26O3. The SMILES string of the molecule is C=C1[C@@H](O)CC[C@]2(C)CC[C@@H](C(C)(C)O)[C@H](O)[C@H]12. The molecule has 18 heavy (non-hydrogen) atoms. The summed E-state index contributed by atoms with van der Waals surface area (Å²) in [6.45, 7) is 9.69. The Morgan fingerprint density at radius 2 is 1.78 bits per heavy atom. The van der Waals surface area contributed by atoms with Crippen molar-refractivity contribution in [1.82, 2.24) is 0 Å². The van der Waals surface area contributed by atoms with E-state index in [-0.39, 0.29) is 17.3 Å². The van der Waals surface area contributed by atoms with Gasteiger partial charge in [-0.1, -0.05) is 13.5 Å². The van der Waals surface area contributed by atoms with Crippen LogP contribution < -0.4 is 0 Å². The Bertz CT molecular complexity index is 344. The van der Waals surface area contributed by atoms with E-state index in [0.29, 0.717) is 0 Å². The minimum absolute atomic E-state index is 0.0253. The van der Waals surface area contributed by atoms with E-state index in [1.807, 2.05) is 0 Å². The molecule has 0 amide bonds. The highest BCUT2D eigenvalue weighted by molar-refractivity contribution is 5.20. The maximum atomic E-state index is 10.6. The summed E-state index contributed by atoms with van der Waals surface area (Å²) in [5, 5.41) is 30.8. The molecule has 0 aromatic rings. The van der Waals surface area contributed by atoms with Crippen LogP contribution in [-0.2, 0) is 0 Å². The highest BCUT2D eigenvalue weighted by Gasteiger charge is 2.53. The van der Waals surface area contributed by atoms with E-state index in [4.69, 9.17) is 0 Å². The minimum atomic E-state index is -0.885. The van der Waals surface area contributed by atoms with E-state index in [1.165, 1.54) is 0 Å². The molecule has 0 heterocycles. The predicted molar refractivity (Wildman–Crippen MR) is 71.0 cm³/mol. The molecule has 104 valence electrons.